The first-order chi connectivity index (χ1) is 17.0. The number of amides is 1. The minimum absolute atomic E-state index is 0.156. The topological polar surface area (TPSA) is 94.5 Å². The van der Waals surface area contributed by atoms with E-state index in [1.165, 1.54) is 4.90 Å². The zero-order valence-corrected chi connectivity index (χ0v) is 22.3. The number of rotatable bonds is 12. The highest BCUT2D eigenvalue weighted by Gasteiger charge is 2.39. The molecule has 0 aliphatic heterocycles. The summed E-state index contributed by atoms with van der Waals surface area (Å²) in [5.74, 6) is -0.811. The smallest absolute Gasteiger partial charge is 0.410 e. The van der Waals surface area contributed by atoms with Gasteiger partial charge in [0.15, 0.2) is 0 Å². The van der Waals surface area contributed by atoms with Gasteiger partial charge < -0.3 is 29.0 Å². The Bertz CT molecular complexity index is 967. The maximum Gasteiger partial charge on any atom is 0.410 e. The fourth-order valence-corrected chi connectivity index (χ4v) is 4.18. The lowest BCUT2D eigenvalue weighted by molar-refractivity contribution is -0.145. The third-order valence-electron chi connectivity index (χ3n) is 6.09. The monoisotopic (exact) mass is 501 g/mol. The van der Waals surface area contributed by atoms with Crippen LogP contribution in [0.3, 0.4) is 0 Å². The van der Waals surface area contributed by atoms with Crippen LogP contribution >= 0.6 is 0 Å². The molecule has 3 atom stereocenters. The van der Waals surface area contributed by atoms with Crippen molar-refractivity contribution in [2.24, 2.45) is 11.8 Å². The van der Waals surface area contributed by atoms with Gasteiger partial charge in [0.25, 0.3) is 0 Å². The van der Waals surface area contributed by atoms with E-state index < -0.39 is 35.5 Å². The lowest BCUT2D eigenvalue weighted by atomic mass is 9.78. The summed E-state index contributed by atoms with van der Waals surface area (Å²) < 4.78 is 21.6. The molecule has 0 aliphatic carbocycles. The molecule has 0 fully saturated rings. The zero-order valence-electron chi connectivity index (χ0n) is 22.3. The van der Waals surface area contributed by atoms with E-state index in [1.807, 2.05) is 48.5 Å². The van der Waals surface area contributed by atoms with Gasteiger partial charge in [0.2, 0.25) is 0 Å². The minimum atomic E-state index is -0.942. The number of carbonyl (C=O) groups is 2. The molecular formula is C28H39NO7. The molecule has 0 aliphatic rings. The van der Waals surface area contributed by atoms with Gasteiger partial charge >= 0.3 is 12.1 Å². The van der Waals surface area contributed by atoms with E-state index >= 15 is 0 Å². The normalized spacial score (nSPS) is 13.9. The average molecular weight is 502 g/mol. The Morgan fingerprint density at radius 1 is 0.861 bits per heavy atom. The van der Waals surface area contributed by atoms with Gasteiger partial charge in [-0.1, -0.05) is 24.3 Å². The van der Waals surface area contributed by atoms with E-state index in [2.05, 4.69) is 0 Å². The Kier molecular flexibility index (Phi) is 10.6. The number of carbonyl (C=O) groups excluding carboxylic acids is 1. The molecule has 8 heteroatoms. The highest BCUT2D eigenvalue weighted by molar-refractivity contribution is 5.72. The van der Waals surface area contributed by atoms with E-state index in [-0.39, 0.29) is 13.0 Å². The Hall–Kier alpha value is -3.26. The molecule has 0 heterocycles. The molecule has 0 radical (unpaired) electrons. The van der Waals surface area contributed by atoms with Crippen molar-refractivity contribution in [3.05, 3.63) is 59.7 Å². The lowest BCUT2D eigenvalue weighted by Gasteiger charge is -2.38. The van der Waals surface area contributed by atoms with Crippen LogP contribution in [0.2, 0.25) is 0 Å². The maximum atomic E-state index is 13.0. The number of aliphatic carboxylic acids is 1. The number of methoxy groups -OCH3 is 3. The number of ether oxygens (including phenoxy) is 4. The molecule has 1 amide bonds. The molecule has 1 N–H and O–H groups in total. The summed E-state index contributed by atoms with van der Waals surface area (Å²) >= 11 is 0. The largest absolute Gasteiger partial charge is 0.497 e. The summed E-state index contributed by atoms with van der Waals surface area (Å²) in [7, 11) is 6.35. The Labute approximate surface area is 214 Å². The average Bonchev–Trinajstić information content (AvgIpc) is 2.84. The molecular weight excluding hydrogens is 462 g/mol. The molecule has 2 aromatic rings. The number of hydrogen-bond acceptors (Lipinski definition) is 6. The van der Waals surface area contributed by atoms with Crippen molar-refractivity contribution in [1.82, 2.24) is 4.90 Å². The minimum Gasteiger partial charge on any atom is -0.497 e. The molecule has 2 aromatic carbocycles. The van der Waals surface area contributed by atoms with Gasteiger partial charge in [-0.3, -0.25) is 4.79 Å². The van der Waals surface area contributed by atoms with Crippen LogP contribution < -0.4 is 9.47 Å². The number of hydrogen-bond donors (Lipinski definition) is 1. The standard InChI is InChI=1S/C28H39NO7/c1-28(2,3)36-27(32)29(4)25(18-33-5)23(16-19-8-12-21(34-6)13-9-19)24(26(30)31)17-20-10-14-22(35-7)15-11-20/h8-15,23-25H,16-18H2,1-7H3,(H,30,31)/t23-,24-,25+/m1/s1. The Balaban J connectivity index is 2.48. The summed E-state index contributed by atoms with van der Waals surface area (Å²) in [6.07, 6.45) is 0.165. The lowest BCUT2D eigenvalue weighted by Crippen LogP contribution is -2.50. The summed E-state index contributed by atoms with van der Waals surface area (Å²) in [6, 6.07) is 14.3. The molecule has 0 saturated heterocycles. The van der Waals surface area contributed by atoms with Crippen LogP contribution in [0.1, 0.15) is 31.9 Å². The van der Waals surface area contributed by atoms with Gasteiger partial charge in [0.05, 0.1) is 32.8 Å². The first kappa shape index (κ1) is 29.0. The second kappa shape index (κ2) is 13.2. The molecule has 0 spiro atoms. The number of carboxylic acids is 1. The van der Waals surface area contributed by atoms with Gasteiger partial charge in [0, 0.05) is 14.2 Å². The first-order valence-corrected chi connectivity index (χ1v) is 11.9. The summed E-state index contributed by atoms with van der Waals surface area (Å²) in [4.78, 5) is 27.1. The molecule has 2 rings (SSSR count). The predicted molar refractivity (Wildman–Crippen MR) is 138 cm³/mol. The van der Waals surface area contributed by atoms with E-state index in [9.17, 15) is 14.7 Å². The quantitative estimate of drug-likeness (QED) is 0.451. The fourth-order valence-electron chi connectivity index (χ4n) is 4.18. The SMILES string of the molecule is COC[C@@H]([C@H](Cc1ccc(OC)cc1)[C@@H](Cc1ccc(OC)cc1)C(=O)O)N(C)C(=O)OC(C)(C)C. The molecule has 0 bridgehead atoms. The van der Waals surface area contributed by atoms with E-state index in [0.29, 0.717) is 17.9 Å². The molecule has 0 unspecified atom stereocenters. The maximum absolute atomic E-state index is 13.0. The fraction of sp³-hybridized carbons (Fsp3) is 0.500. The van der Waals surface area contributed by atoms with Crippen molar-refractivity contribution in [1.29, 1.82) is 0 Å². The van der Waals surface area contributed by atoms with Gasteiger partial charge in [0.1, 0.15) is 17.1 Å². The van der Waals surface area contributed by atoms with E-state index in [0.717, 1.165) is 11.1 Å². The van der Waals surface area contributed by atoms with Crippen molar-refractivity contribution in [3.8, 4) is 11.5 Å². The van der Waals surface area contributed by atoms with Crippen molar-refractivity contribution >= 4 is 12.1 Å². The predicted octanol–water partition coefficient (Wildman–Crippen LogP) is 4.69. The molecule has 0 aromatic heterocycles. The number of likely N-dealkylation sites (N-methyl/N-ethyl adjacent to an activating group) is 1. The molecule has 0 saturated carbocycles. The van der Waals surface area contributed by atoms with Crippen LogP contribution in [0.25, 0.3) is 0 Å². The van der Waals surface area contributed by atoms with Crippen LogP contribution in [-0.4, -0.2) is 68.7 Å². The molecule has 8 nitrogen and oxygen atoms in total. The van der Waals surface area contributed by atoms with Crippen LogP contribution in [0.5, 0.6) is 11.5 Å². The number of carboxylic acid groups (broad SMARTS) is 1. The summed E-state index contributed by atoms with van der Waals surface area (Å²) in [5, 5.41) is 10.4. The Morgan fingerprint density at radius 3 is 1.72 bits per heavy atom. The van der Waals surface area contributed by atoms with E-state index in [4.69, 9.17) is 18.9 Å². The number of benzene rings is 2. The van der Waals surface area contributed by atoms with Crippen molar-refractivity contribution in [2.45, 2.75) is 45.3 Å². The highest BCUT2D eigenvalue weighted by Crippen LogP contribution is 2.30. The van der Waals surface area contributed by atoms with Crippen molar-refractivity contribution in [3.63, 3.8) is 0 Å². The van der Waals surface area contributed by atoms with Crippen LogP contribution in [-0.2, 0) is 27.1 Å². The third kappa shape index (κ3) is 8.45. The van der Waals surface area contributed by atoms with Crippen molar-refractivity contribution in [2.75, 3.05) is 35.0 Å². The van der Waals surface area contributed by atoms with Gasteiger partial charge in [-0.25, -0.2) is 4.79 Å². The van der Waals surface area contributed by atoms with Crippen LogP contribution in [0.15, 0.2) is 48.5 Å². The van der Waals surface area contributed by atoms with E-state index in [1.54, 1.807) is 49.1 Å². The highest BCUT2D eigenvalue weighted by atomic mass is 16.6. The number of nitrogens with zero attached hydrogens (tertiary/aromatic N) is 1. The zero-order chi connectivity index (χ0) is 26.9. The summed E-state index contributed by atoms with van der Waals surface area (Å²) in [6.45, 7) is 5.54. The second-order valence-corrected chi connectivity index (χ2v) is 9.83. The molecule has 198 valence electrons. The Morgan fingerprint density at radius 2 is 1.33 bits per heavy atom. The molecule has 36 heavy (non-hydrogen) atoms. The van der Waals surface area contributed by atoms with Gasteiger partial charge in [-0.15, -0.1) is 0 Å². The van der Waals surface area contributed by atoms with Crippen LogP contribution in [0, 0.1) is 11.8 Å². The summed E-state index contributed by atoms with van der Waals surface area (Å²) in [5.41, 5.74) is 1.10. The first-order valence-electron chi connectivity index (χ1n) is 11.9. The van der Waals surface area contributed by atoms with Gasteiger partial charge in [-0.2, -0.15) is 0 Å². The van der Waals surface area contributed by atoms with Gasteiger partial charge in [-0.05, 0) is 74.9 Å². The van der Waals surface area contributed by atoms with Crippen LogP contribution in [0.4, 0.5) is 4.79 Å². The second-order valence-electron chi connectivity index (χ2n) is 9.83. The third-order valence-corrected chi connectivity index (χ3v) is 6.09. The van der Waals surface area contributed by atoms with Crippen molar-refractivity contribution < 1.29 is 33.6 Å².